The highest BCUT2D eigenvalue weighted by Gasteiger charge is 2.03. The van der Waals surface area contributed by atoms with E-state index in [1.54, 1.807) is 12.1 Å². The molecule has 1 rings (SSSR count). The van der Waals surface area contributed by atoms with Gasteiger partial charge in [-0.15, -0.1) is 0 Å². The van der Waals surface area contributed by atoms with Crippen molar-refractivity contribution in [2.75, 3.05) is 20.3 Å². The van der Waals surface area contributed by atoms with E-state index in [1.165, 1.54) is 0 Å². The van der Waals surface area contributed by atoms with Crippen LogP contribution in [0.1, 0.15) is 15.9 Å². The molecule has 0 aliphatic carbocycles. The van der Waals surface area contributed by atoms with Crippen molar-refractivity contribution >= 4 is 11.9 Å². The van der Waals surface area contributed by atoms with Crippen molar-refractivity contribution in [1.82, 2.24) is 5.32 Å². The number of aryl methyl sites for hydroxylation is 1. The highest BCUT2D eigenvalue weighted by molar-refractivity contribution is 5.94. The Bertz CT molecular complexity index is 377. The van der Waals surface area contributed by atoms with Crippen LogP contribution >= 0.6 is 0 Å². The minimum absolute atomic E-state index is 0.160. The van der Waals surface area contributed by atoms with Crippen LogP contribution in [0.25, 0.3) is 0 Å². The van der Waals surface area contributed by atoms with Crippen LogP contribution in [0.3, 0.4) is 0 Å². The van der Waals surface area contributed by atoms with Crippen LogP contribution in [0.2, 0.25) is 0 Å². The molecule has 0 saturated carbocycles. The number of ether oxygens (including phenoxy) is 1. The number of carbonyl (C=O) groups is 1. The van der Waals surface area contributed by atoms with Gasteiger partial charge < -0.3 is 20.9 Å². The second-order valence-corrected chi connectivity index (χ2v) is 3.33. The van der Waals surface area contributed by atoms with Crippen molar-refractivity contribution < 1.29 is 14.6 Å². The Morgan fingerprint density at radius 3 is 2.44 bits per heavy atom. The summed E-state index contributed by atoms with van der Waals surface area (Å²) in [4.78, 5) is 11.5. The number of nitrogens with one attached hydrogen (secondary N) is 2. The van der Waals surface area contributed by atoms with Gasteiger partial charge in [-0.3, -0.25) is 10.2 Å². The van der Waals surface area contributed by atoms with E-state index in [-0.39, 0.29) is 18.5 Å². The molecule has 100 valence electrons. The monoisotopic (exact) mass is 253 g/mol. The molecule has 6 nitrogen and oxygen atoms in total. The number of hydrogen-bond donors (Lipinski definition) is 4. The van der Waals surface area contributed by atoms with Crippen molar-refractivity contribution in [1.29, 1.82) is 5.41 Å². The standard InChI is InChI=1S/C11H15N3O2.CH4O/c1-8-2-4-9(5-3-8)10(15)14-6-7-16-11(12)13;1-2/h2-5H,6-7H2,1H3,(H3,12,13)(H,14,15);2H,1H3. The second kappa shape index (κ2) is 9.00. The third-order valence-corrected chi connectivity index (χ3v) is 1.96. The van der Waals surface area contributed by atoms with E-state index in [9.17, 15) is 4.79 Å². The summed E-state index contributed by atoms with van der Waals surface area (Å²) in [7, 11) is 1.00. The SMILES string of the molecule is CO.Cc1ccc(C(=O)NCCOC(=N)N)cc1. The van der Waals surface area contributed by atoms with Crippen molar-refractivity contribution in [2.45, 2.75) is 6.92 Å². The fraction of sp³-hybridized carbons (Fsp3) is 0.333. The number of aliphatic hydroxyl groups is 1. The van der Waals surface area contributed by atoms with E-state index in [4.69, 9.17) is 21.0 Å². The highest BCUT2D eigenvalue weighted by atomic mass is 16.5. The highest BCUT2D eigenvalue weighted by Crippen LogP contribution is 2.02. The van der Waals surface area contributed by atoms with Gasteiger partial charge >= 0.3 is 0 Å². The molecule has 1 aromatic carbocycles. The summed E-state index contributed by atoms with van der Waals surface area (Å²) in [6, 6.07) is 6.93. The average molecular weight is 253 g/mol. The molecule has 0 atom stereocenters. The molecule has 18 heavy (non-hydrogen) atoms. The summed E-state index contributed by atoms with van der Waals surface area (Å²) < 4.78 is 4.69. The number of amides is 1. The Kier molecular flexibility index (Phi) is 7.96. The van der Waals surface area contributed by atoms with Gasteiger partial charge in [0.25, 0.3) is 11.9 Å². The topological polar surface area (TPSA) is 108 Å². The number of nitrogens with two attached hydrogens (primary N) is 1. The first-order valence-corrected chi connectivity index (χ1v) is 5.36. The van der Waals surface area contributed by atoms with E-state index in [1.807, 2.05) is 19.1 Å². The minimum atomic E-state index is -0.343. The van der Waals surface area contributed by atoms with Gasteiger partial charge in [-0.25, -0.2) is 0 Å². The molecule has 0 saturated heterocycles. The third kappa shape index (κ3) is 6.49. The maximum atomic E-state index is 11.5. The number of hydrogen-bond acceptors (Lipinski definition) is 4. The van der Waals surface area contributed by atoms with Gasteiger partial charge in [0, 0.05) is 12.7 Å². The summed E-state index contributed by atoms with van der Waals surface area (Å²) in [5, 5.41) is 16.5. The summed E-state index contributed by atoms with van der Waals surface area (Å²) in [6.45, 7) is 2.49. The van der Waals surface area contributed by atoms with E-state index in [0.717, 1.165) is 12.7 Å². The minimum Gasteiger partial charge on any atom is -0.464 e. The third-order valence-electron chi connectivity index (χ3n) is 1.96. The quantitative estimate of drug-likeness (QED) is 0.350. The van der Waals surface area contributed by atoms with Gasteiger partial charge in [0.15, 0.2) is 0 Å². The van der Waals surface area contributed by atoms with Gasteiger partial charge in [-0.2, -0.15) is 0 Å². The van der Waals surface area contributed by atoms with Crippen LogP contribution in [-0.4, -0.2) is 37.3 Å². The van der Waals surface area contributed by atoms with Gasteiger partial charge in [-0.1, -0.05) is 17.7 Å². The Hall–Kier alpha value is -2.08. The van der Waals surface area contributed by atoms with Crippen LogP contribution in [0.15, 0.2) is 24.3 Å². The summed E-state index contributed by atoms with van der Waals surface area (Å²) in [5.41, 5.74) is 6.70. The number of carbonyl (C=O) groups excluding carboxylic acids is 1. The molecule has 0 unspecified atom stereocenters. The lowest BCUT2D eigenvalue weighted by atomic mass is 10.1. The number of benzene rings is 1. The molecule has 0 aromatic heterocycles. The first-order valence-electron chi connectivity index (χ1n) is 5.36. The van der Waals surface area contributed by atoms with Gasteiger partial charge in [0.1, 0.15) is 6.61 Å². The zero-order valence-electron chi connectivity index (χ0n) is 10.6. The van der Waals surface area contributed by atoms with Crippen molar-refractivity contribution in [3.8, 4) is 0 Å². The molecule has 0 aliphatic heterocycles. The Morgan fingerprint density at radius 2 is 1.94 bits per heavy atom. The van der Waals surface area contributed by atoms with Crippen molar-refractivity contribution in [3.63, 3.8) is 0 Å². The molecular weight excluding hydrogens is 234 g/mol. The molecule has 0 spiro atoms. The summed E-state index contributed by atoms with van der Waals surface area (Å²) in [6.07, 6.45) is 0. The van der Waals surface area contributed by atoms with Crippen molar-refractivity contribution in [3.05, 3.63) is 35.4 Å². The molecule has 1 aromatic rings. The lowest BCUT2D eigenvalue weighted by Gasteiger charge is -2.06. The molecule has 6 heteroatoms. The predicted molar refractivity (Wildman–Crippen MR) is 69.5 cm³/mol. The maximum absolute atomic E-state index is 11.5. The molecule has 0 bridgehead atoms. The zero-order chi connectivity index (χ0) is 14.0. The summed E-state index contributed by atoms with van der Waals surface area (Å²) >= 11 is 0. The lowest BCUT2D eigenvalue weighted by Crippen LogP contribution is -2.29. The van der Waals surface area contributed by atoms with Crippen LogP contribution < -0.4 is 11.1 Å². The fourth-order valence-corrected chi connectivity index (χ4v) is 1.13. The van der Waals surface area contributed by atoms with Crippen LogP contribution in [-0.2, 0) is 4.74 Å². The lowest BCUT2D eigenvalue weighted by molar-refractivity contribution is 0.0945. The smallest absolute Gasteiger partial charge is 0.279 e. The van der Waals surface area contributed by atoms with Gasteiger partial charge in [-0.05, 0) is 19.1 Å². The Balaban J connectivity index is 0.00000137. The predicted octanol–water partition coefficient (Wildman–Crippen LogP) is 0.243. The van der Waals surface area contributed by atoms with Crippen LogP contribution in [0, 0.1) is 12.3 Å². The Morgan fingerprint density at radius 1 is 1.39 bits per heavy atom. The Labute approximate surface area is 106 Å². The second-order valence-electron chi connectivity index (χ2n) is 3.33. The number of aliphatic hydroxyl groups excluding tert-OH is 1. The van der Waals surface area contributed by atoms with Crippen LogP contribution in [0.4, 0.5) is 0 Å². The van der Waals surface area contributed by atoms with E-state index in [2.05, 4.69) is 5.32 Å². The molecule has 1 amide bonds. The number of rotatable bonds is 4. The zero-order valence-corrected chi connectivity index (χ0v) is 10.6. The number of amidine groups is 1. The van der Waals surface area contributed by atoms with Crippen molar-refractivity contribution in [2.24, 2.45) is 5.73 Å². The molecule has 0 radical (unpaired) electrons. The molecular formula is C12H19N3O3. The van der Waals surface area contributed by atoms with Gasteiger partial charge in [0.05, 0.1) is 6.54 Å². The maximum Gasteiger partial charge on any atom is 0.279 e. The molecule has 0 heterocycles. The fourth-order valence-electron chi connectivity index (χ4n) is 1.13. The van der Waals surface area contributed by atoms with Crippen LogP contribution in [0.5, 0.6) is 0 Å². The average Bonchev–Trinajstić information content (AvgIpc) is 2.37. The van der Waals surface area contributed by atoms with Gasteiger partial charge in [0.2, 0.25) is 0 Å². The molecule has 0 fully saturated rings. The first-order chi connectivity index (χ1) is 8.59. The summed E-state index contributed by atoms with van der Waals surface area (Å²) in [5.74, 6) is -0.160. The first kappa shape index (κ1) is 15.9. The molecule has 0 aliphatic rings. The van der Waals surface area contributed by atoms with E-state index < -0.39 is 0 Å². The van der Waals surface area contributed by atoms with E-state index in [0.29, 0.717) is 12.1 Å². The largest absolute Gasteiger partial charge is 0.464 e. The normalized spacial score (nSPS) is 8.83. The van der Waals surface area contributed by atoms with E-state index >= 15 is 0 Å². The molecule has 5 N–H and O–H groups in total.